The molecule has 2 N–H and O–H groups in total. The highest BCUT2D eigenvalue weighted by atomic mass is 15.8. The van der Waals surface area contributed by atoms with Gasteiger partial charge in [-0.25, -0.2) is 20.9 Å². The van der Waals surface area contributed by atoms with Crippen molar-refractivity contribution in [1.82, 2.24) is 20.9 Å². The molecule has 2 unspecified atom stereocenters. The SMILES string of the molecule is CC1(C)NN1CCCCCN1NC1(C)C. The smallest absolute Gasteiger partial charge is 0.0918 e. The molecule has 0 aromatic rings. The monoisotopic (exact) mass is 212 g/mol. The van der Waals surface area contributed by atoms with E-state index in [0.29, 0.717) is 0 Å². The van der Waals surface area contributed by atoms with E-state index in [2.05, 4.69) is 48.6 Å². The second-order valence-electron chi connectivity index (χ2n) is 5.71. The van der Waals surface area contributed by atoms with E-state index < -0.39 is 0 Å². The number of nitrogens with one attached hydrogen (secondary N) is 2. The van der Waals surface area contributed by atoms with Gasteiger partial charge in [0.25, 0.3) is 0 Å². The van der Waals surface area contributed by atoms with Crippen LogP contribution in [-0.4, -0.2) is 34.4 Å². The summed E-state index contributed by atoms with van der Waals surface area (Å²) in [6.45, 7) is 11.2. The predicted molar refractivity (Wildman–Crippen MR) is 61.7 cm³/mol. The van der Waals surface area contributed by atoms with Gasteiger partial charge < -0.3 is 0 Å². The minimum atomic E-state index is 0.267. The first-order chi connectivity index (χ1) is 6.92. The molecule has 0 aromatic carbocycles. The van der Waals surface area contributed by atoms with Gasteiger partial charge in [-0.3, -0.25) is 0 Å². The predicted octanol–water partition coefficient (Wildman–Crippen LogP) is 1.27. The van der Waals surface area contributed by atoms with E-state index >= 15 is 0 Å². The summed E-state index contributed by atoms with van der Waals surface area (Å²) >= 11 is 0. The van der Waals surface area contributed by atoms with Gasteiger partial charge in [-0.2, -0.15) is 0 Å². The molecule has 4 nitrogen and oxygen atoms in total. The third-order valence-electron chi connectivity index (χ3n) is 3.33. The Bertz CT molecular complexity index is 213. The summed E-state index contributed by atoms with van der Waals surface area (Å²) in [6.07, 6.45) is 3.91. The van der Waals surface area contributed by atoms with Gasteiger partial charge >= 0.3 is 0 Å². The number of hydrogen-bond donors (Lipinski definition) is 2. The molecule has 2 saturated heterocycles. The quantitative estimate of drug-likeness (QED) is 0.514. The third-order valence-corrected chi connectivity index (χ3v) is 3.33. The maximum absolute atomic E-state index is 3.34. The molecular weight excluding hydrogens is 188 g/mol. The lowest BCUT2D eigenvalue weighted by Crippen LogP contribution is -2.12. The van der Waals surface area contributed by atoms with E-state index in [4.69, 9.17) is 0 Å². The molecule has 2 fully saturated rings. The molecule has 4 heteroatoms. The molecule has 0 spiro atoms. The molecule has 0 amide bonds. The molecule has 2 rings (SSSR count). The van der Waals surface area contributed by atoms with Gasteiger partial charge in [-0.15, -0.1) is 0 Å². The number of unbranched alkanes of at least 4 members (excludes halogenated alkanes) is 2. The van der Waals surface area contributed by atoms with Crippen LogP contribution in [0.15, 0.2) is 0 Å². The Morgan fingerprint density at radius 1 is 0.733 bits per heavy atom. The molecule has 2 heterocycles. The van der Waals surface area contributed by atoms with Crippen molar-refractivity contribution in [2.45, 2.75) is 58.3 Å². The highest BCUT2D eigenvalue weighted by Gasteiger charge is 2.42. The van der Waals surface area contributed by atoms with E-state index in [9.17, 15) is 0 Å². The van der Waals surface area contributed by atoms with Crippen molar-refractivity contribution in [1.29, 1.82) is 0 Å². The maximum Gasteiger partial charge on any atom is 0.0918 e. The summed E-state index contributed by atoms with van der Waals surface area (Å²) in [6, 6.07) is 0. The maximum atomic E-state index is 3.34. The Labute approximate surface area is 92.9 Å². The van der Waals surface area contributed by atoms with Crippen LogP contribution in [0, 0.1) is 0 Å². The van der Waals surface area contributed by atoms with Crippen molar-refractivity contribution in [3.8, 4) is 0 Å². The lowest BCUT2D eigenvalue weighted by molar-refractivity contribution is 0.388. The van der Waals surface area contributed by atoms with Gasteiger partial charge in [0, 0.05) is 13.1 Å². The van der Waals surface area contributed by atoms with Crippen LogP contribution in [0.2, 0.25) is 0 Å². The summed E-state index contributed by atoms with van der Waals surface area (Å²) in [5.74, 6) is 0. The Balaban J connectivity index is 1.44. The lowest BCUT2D eigenvalue weighted by atomic mass is 10.2. The normalized spacial score (nSPS) is 35.2. The fourth-order valence-corrected chi connectivity index (χ4v) is 2.00. The Morgan fingerprint density at radius 3 is 1.33 bits per heavy atom. The zero-order chi connectivity index (χ0) is 11.1. The molecule has 0 aromatic heterocycles. The molecule has 2 aliphatic heterocycles. The van der Waals surface area contributed by atoms with Crippen LogP contribution in [-0.2, 0) is 0 Å². The second kappa shape index (κ2) is 3.70. The van der Waals surface area contributed by atoms with Gasteiger partial charge in [-0.1, -0.05) is 6.42 Å². The Kier molecular flexibility index (Phi) is 2.79. The molecule has 0 aliphatic carbocycles. The van der Waals surface area contributed by atoms with Crippen molar-refractivity contribution in [3.05, 3.63) is 0 Å². The molecule has 2 atom stereocenters. The zero-order valence-electron chi connectivity index (χ0n) is 10.4. The summed E-state index contributed by atoms with van der Waals surface area (Å²) < 4.78 is 0. The van der Waals surface area contributed by atoms with E-state index in [-0.39, 0.29) is 11.3 Å². The average molecular weight is 212 g/mol. The minimum absolute atomic E-state index is 0.267. The zero-order valence-corrected chi connectivity index (χ0v) is 10.4. The molecular formula is C11H24N4. The molecule has 2 aliphatic rings. The first-order valence-corrected chi connectivity index (χ1v) is 6.03. The first-order valence-electron chi connectivity index (χ1n) is 6.03. The third kappa shape index (κ3) is 2.91. The molecule has 0 radical (unpaired) electrons. The van der Waals surface area contributed by atoms with Crippen LogP contribution in [0.25, 0.3) is 0 Å². The van der Waals surface area contributed by atoms with Crippen LogP contribution >= 0.6 is 0 Å². The fraction of sp³-hybridized carbons (Fsp3) is 1.00. The Hall–Kier alpha value is -0.160. The van der Waals surface area contributed by atoms with E-state index in [1.165, 1.54) is 32.4 Å². The summed E-state index contributed by atoms with van der Waals surface area (Å²) in [5.41, 5.74) is 7.22. The van der Waals surface area contributed by atoms with Crippen molar-refractivity contribution < 1.29 is 0 Å². The number of nitrogens with zero attached hydrogens (tertiary/aromatic N) is 2. The van der Waals surface area contributed by atoms with Gasteiger partial charge in [0.2, 0.25) is 0 Å². The fourth-order valence-electron chi connectivity index (χ4n) is 2.00. The van der Waals surface area contributed by atoms with Crippen LogP contribution in [0.4, 0.5) is 0 Å². The lowest BCUT2D eigenvalue weighted by Gasteiger charge is -2.05. The summed E-state index contributed by atoms with van der Waals surface area (Å²) in [7, 11) is 0. The van der Waals surface area contributed by atoms with Crippen molar-refractivity contribution in [3.63, 3.8) is 0 Å². The van der Waals surface area contributed by atoms with Gasteiger partial charge in [0.05, 0.1) is 11.3 Å². The molecule has 15 heavy (non-hydrogen) atoms. The van der Waals surface area contributed by atoms with E-state index in [1.807, 2.05) is 0 Å². The Morgan fingerprint density at radius 2 is 1.07 bits per heavy atom. The first kappa shape index (κ1) is 11.3. The van der Waals surface area contributed by atoms with Crippen molar-refractivity contribution in [2.24, 2.45) is 0 Å². The number of rotatable bonds is 6. The molecule has 0 saturated carbocycles. The van der Waals surface area contributed by atoms with Crippen molar-refractivity contribution >= 4 is 0 Å². The number of hydrazine groups is 2. The van der Waals surface area contributed by atoms with Gasteiger partial charge in [-0.05, 0) is 40.5 Å². The standard InChI is InChI=1S/C11H24N4/c1-10(2)12-14(10)8-6-5-7-9-15-11(3,4)13-15/h12-13H,5-9H2,1-4H3. The number of hydrogen-bond acceptors (Lipinski definition) is 4. The van der Waals surface area contributed by atoms with Gasteiger partial charge in [0.1, 0.15) is 0 Å². The van der Waals surface area contributed by atoms with Crippen LogP contribution in [0.3, 0.4) is 0 Å². The van der Waals surface area contributed by atoms with Gasteiger partial charge in [0.15, 0.2) is 0 Å². The average Bonchev–Trinajstić information content (AvgIpc) is 2.90. The largest absolute Gasteiger partial charge is 0.233 e. The highest BCUT2D eigenvalue weighted by molar-refractivity contribution is 4.89. The second-order valence-corrected chi connectivity index (χ2v) is 5.71. The van der Waals surface area contributed by atoms with Crippen LogP contribution < -0.4 is 10.9 Å². The molecule has 88 valence electrons. The van der Waals surface area contributed by atoms with Crippen LogP contribution in [0.5, 0.6) is 0 Å². The molecule has 0 bridgehead atoms. The summed E-state index contributed by atoms with van der Waals surface area (Å²) in [5, 5.41) is 4.62. The highest BCUT2D eigenvalue weighted by Crippen LogP contribution is 2.24. The van der Waals surface area contributed by atoms with Crippen LogP contribution in [0.1, 0.15) is 47.0 Å². The van der Waals surface area contributed by atoms with E-state index in [1.54, 1.807) is 0 Å². The topological polar surface area (TPSA) is 49.9 Å². The minimum Gasteiger partial charge on any atom is -0.233 e. The summed E-state index contributed by atoms with van der Waals surface area (Å²) in [4.78, 5) is 0. The van der Waals surface area contributed by atoms with Crippen molar-refractivity contribution in [2.75, 3.05) is 13.1 Å². The van der Waals surface area contributed by atoms with E-state index in [0.717, 1.165) is 0 Å².